The monoisotopic (exact) mass is 511 g/mol. The second kappa shape index (κ2) is 8.80. The van der Waals surface area contributed by atoms with Crippen LogP contribution in [0.1, 0.15) is 47.1 Å². The predicted octanol–water partition coefficient (Wildman–Crippen LogP) is 7.29. The zero-order valence-corrected chi connectivity index (χ0v) is 18.1. The van der Waals surface area contributed by atoms with Crippen LogP contribution in [0, 0.1) is 0 Å². The minimum atomic E-state index is -5.15. The van der Waals surface area contributed by atoms with Crippen molar-refractivity contribution in [2.45, 2.75) is 43.3 Å². The summed E-state index contributed by atoms with van der Waals surface area (Å²) in [5.41, 5.74) is -6.22. The summed E-state index contributed by atoms with van der Waals surface area (Å²) in [6.07, 6.45) is -12.5. The Bertz CT molecular complexity index is 1120. The Morgan fingerprint density at radius 2 is 1.43 bits per heavy atom. The number of methoxy groups -OCH3 is 1. The molecule has 2 aromatic rings. The Hall–Kier alpha value is -3.18. The zero-order chi connectivity index (χ0) is 26.4. The van der Waals surface area contributed by atoms with Gasteiger partial charge in [0.2, 0.25) is 0 Å². The quantitative estimate of drug-likeness (QED) is 0.346. The second-order valence-corrected chi connectivity index (χ2v) is 7.95. The first-order valence-corrected chi connectivity index (χ1v) is 10.1. The summed E-state index contributed by atoms with van der Waals surface area (Å²) >= 11 is 0. The lowest BCUT2D eigenvalue weighted by Gasteiger charge is -2.41. The van der Waals surface area contributed by atoms with Gasteiger partial charge in [-0.1, -0.05) is 19.1 Å². The fourth-order valence-corrected chi connectivity index (χ4v) is 4.01. The smallest absolute Gasteiger partial charge is 0.416 e. The molecule has 0 saturated carbocycles. The Morgan fingerprint density at radius 3 is 1.89 bits per heavy atom. The molecule has 3 rings (SSSR count). The zero-order valence-electron chi connectivity index (χ0n) is 18.1. The lowest BCUT2D eigenvalue weighted by molar-refractivity contribution is -0.146. The van der Waals surface area contributed by atoms with Gasteiger partial charge < -0.3 is 10.1 Å². The number of ether oxygens (including phenoxy) is 1. The number of carbonyl (C=O) groups is 1. The van der Waals surface area contributed by atoms with Crippen molar-refractivity contribution >= 4 is 17.7 Å². The van der Waals surface area contributed by atoms with Crippen LogP contribution in [-0.4, -0.2) is 18.6 Å². The van der Waals surface area contributed by atoms with Gasteiger partial charge in [0, 0.05) is 5.69 Å². The highest BCUT2D eigenvalue weighted by molar-refractivity contribution is 5.85. The highest BCUT2D eigenvalue weighted by atomic mass is 19.4. The van der Waals surface area contributed by atoms with Gasteiger partial charge in [0.05, 0.1) is 29.3 Å². The predicted molar refractivity (Wildman–Crippen MR) is 108 cm³/mol. The van der Waals surface area contributed by atoms with Crippen LogP contribution in [0.5, 0.6) is 0 Å². The first-order valence-electron chi connectivity index (χ1n) is 10.1. The summed E-state index contributed by atoms with van der Waals surface area (Å²) in [5, 5.41) is 2.85. The van der Waals surface area contributed by atoms with Crippen LogP contribution in [0.15, 0.2) is 42.5 Å². The number of anilines is 1. The van der Waals surface area contributed by atoms with Crippen molar-refractivity contribution in [3.63, 3.8) is 0 Å². The Morgan fingerprint density at radius 1 is 0.886 bits per heavy atom. The molecule has 190 valence electrons. The third-order valence-electron chi connectivity index (χ3n) is 5.79. The average molecular weight is 511 g/mol. The van der Waals surface area contributed by atoms with Crippen LogP contribution in [0.25, 0.3) is 6.08 Å². The summed E-state index contributed by atoms with van der Waals surface area (Å²) in [7, 11) is 0.924. The van der Waals surface area contributed by atoms with Crippen molar-refractivity contribution in [3.8, 4) is 0 Å². The second-order valence-electron chi connectivity index (χ2n) is 7.95. The Labute approximate surface area is 193 Å². The van der Waals surface area contributed by atoms with Crippen molar-refractivity contribution in [2.75, 3.05) is 12.4 Å². The van der Waals surface area contributed by atoms with Crippen LogP contribution >= 0.6 is 0 Å². The molecule has 0 spiro atoms. The fraction of sp³-hybridized carbons (Fsp3) is 0.348. The number of hydrogen-bond donors (Lipinski definition) is 1. The van der Waals surface area contributed by atoms with Crippen LogP contribution in [0.4, 0.5) is 45.2 Å². The number of fused-ring (bicyclic) bond motifs is 1. The van der Waals surface area contributed by atoms with Crippen LogP contribution in [0.3, 0.4) is 0 Å². The number of alkyl halides is 9. The molecule has 2 aromatic carbocycles. The van der Waals surface area contributed by atoms with Gasteiger partial charge in [-0.15, -0.1) is 0 Å². The molecule has 0 fully saturated rings. The first-order chi connectivity index (χ1) is 16.0. The molecule has 12 heteroatoms. The minimum Gasteiger partial charge on any atom is -0.468 e. The van der Waals surface area contributed by atoms with E-state index < -0.39 is 58.2 Å². The maximum absolute atomic E-state index is 13.4. The topological polar surface area (TPSA) is 38.3 Å². The van der Waals surface area contributed by atoms with Crippen LogP contribution < -0.4 is 5.32 Å². The van der Waals surface area contributed by atoms with E-state index in [2.05, 4.69) is 5.32 Å². The number of nitrogens with one attached hydrogen (secondary N) is 1. The average Bonchev–Trinajstić information content (AvgIpc) is 2.76. The van der Waals surface area contributed by atoms with Crippen molar-refractivity contribution in [1.82, 2.24) is 0 Å². The van der Waals surface area contributed by atoms with Crippen molar-refractivity contribution < 1.29 is 49.0 Å². The molecule has 3 nitrogen and oxygen atoms in total. The van der Waals surface area contributed by atoms with Gasteiger partial charge in [-0.25, -0.2) is 0 Å². The number of esters is 1. The maximum Gasteiger partial charge on any atom is 0.416 e. The van der Waals surface area contributed by atoms with E-state index in [0.29, 0.717) is 12.1 Å². The molecule has 0 bridgehead atoms. The Kier molecular flexibility index (Phi) is 6.64. The molecule has 1 heterocycles. The summed E-state index contributed by atoms with van der Waals surface area (Å²) in [4.78, 5) is 12.8. The molecule has 2 atom stereocenters. The van der Waals surface area contributed by atoms with Gasteiger partial charge in [0.25, 0.3) is 0 Å². The molecule has 0 aromatic heterocycles. The van der Waals surface area contributed by atoms with E-state index in [0.717, 1.165) is 25.3 Å². The summed E-state index contributed by atoms with van der Waals surface area (Å²) in [5.74, 6) is -2.83. The molecule has 1 aliphatic rings. The van der Waals surface area contributed by atoms with Gasteiger partial charge in [-0.05, 0) is 53.9 Å². The molecular weight excluding hydrogens is 493 g/mol. The normalized spacial score (nSPS) is 19.1. The third kappa shape index (κ3) is 5.25. The summed E-state index contributed by atoms with van der Waals surface area (Å²) in [6, 6.07) is 3.49. The minimum absolute atomic E-state index is 0.0404. The number of halogens is 9. The molecule has 0 radical (unpaired) electrons. The number of hydrogen-bond acceptors (Lipinski definition) is 3. The number of benzene rings is 2. The fourth-order valence-electron chi connectivity index (χ4n) is 4.01. The van der Waals surface area contributed by atoms with E-state index in [9.17, 15) is 44.3 Å². The number of rotatable bonds is 4. The molecule has 0 saturated heterocycles. The Balaban J connectivity index is 2.21. The first kappa shape index (κ1) is 26.4. The van der Waals surface area contributed by atoms with Gasteiger partial charge in [0.1, 0.15) is 5.92 Å². The summed E-state index contributed by atoms with van der Waals surface area (Å²) < 4.78 is 124. The van der Waals surface area contributed by atoms with E-state index in [-0.39, 0.29) is 23.7 Å². The van der Waals surface area contributed by atoms with Gasteiger partial charge in [-0.2, -0.15) is 39.5 Å². The van der Waals surface area contributed by atoms with Crippen molar-refractivity contribution in [2.24, 2.45) is 0 Å². The van der Waals surface area contributed by atoms with E-state index in [4.69, 9.17) is 4.74 Å². The van der Waals surface area contributed by atoms with Crippen LogP contribution in [0.2, 0.25) is 0 Å². The lowest BCUT2D eigenvalue weighted by atomic mass is 9.74. The van der Waals surface area contributed by atoms with Gasteiger partial charge in [-0.3, -0.25) is 4.79 Å². The molecule has 1 N–H and O–H groups in total. The SMILES string of the molecule is CCC1(C(C(=O)OC)c2cc(C(F)(F)F)cc(C(F)(F)F)c2)C=Cc2cc(C(F)(F)F)ccc2N1. The van der Waals surface area contributed by atoms with E-state index in [1.807, 2.05) is 0 Å². The third-order valence-corrected chi connectivity index (χ3v) is 5.79. The number of carbonyl (C=O) groups excluding carboxylic acids is 1. The molecule has 1 aliphatic heterocycles. The molecular formula is C23H18F9NO2. The van der Waals surface area contributed by atoms with Crippen molar-refractivity contribution in [1.29, 1.82) is 0 Å². The van der Waals surface area contributed by atoms with E-state index >= 15 is 0 Å². The maximum atomic E-state index is 13.4. The van der Waals surface area contributed by atoms with Crippen LogP contribution in [-0.2, 0) is 28.1 Å². The summed E-state index contributed by atoms with van der Waals surface area (Å²) in [6.45, 7) is 1.51. The van der Waals surface area contributed by atoms with Gasteiger partial charge in [0.15, 0.2) is 0 Å². The standard InChI is InChI=1S/C23H18F9NO2/c1-3-20(7-6-12-8-14(21(24,25)26)4-5-17(12)33-20)18(19(34)35-2)13-9-15(22(27,28)29)11-16(10-13)23(30,31)32/h4-11,18,33H,3H2,1-2H3. The van der Waals surface area contributed by atoms with E-state index in [1.54, 1.807) is 0 Å². The largest absolute Gasteiger partial charge is 0.468 e. The van der Waals surface area contributed by atoms with Crippen molar-refractivity contribution in [3.05, 3.63) is 70.3 Å². The molecule has 0 aliphatic carbocycles. The molecule has 2 unspecified atom stereocenters. The highest BCUT2D eigenvalue weighted by Crippen LogP contribution is 2.45. The van der Waals surface area contributed by atoms with E-state index in [1.165, 1.54) is 19.1 Å². The lowest BCUT2D eigenvalue weighted by Crippen LogP contribution is -2.47. The highest BCUT2D eigenvalue weighted by Gasteiger charge is 2.46. The molecule has 0 amide bonds. The van der Waals surface area contributed by atoms with Gasteiger partial charge >= 0.3 is 24.5 Å². The molecule has 35 heavy (non-hydrogen) atoms.